The summed E-state index contributed by atoms with van der Waals surface area (Å²) in [6.07, 6.45) is -6.23. The molecule has 1 heterocycles. The van der Waals surface area contributed by atoms with Crippen molar-refractivity contribution in [3.8, 4) is 0 Å². The zero-order valence-corrected chi connectivity index (χ0v) is 21.3. The molecule has 0 saturated carbocycles. The van der Waals surface area contributed by atoms with Gasteiger partial charge in [0.15, 0.2) is 0 Å². The third kappa shape index (κ3) is 5.99. The van der Waals surface area contributed by atoms with E-state index in [9.17, 15) is 30.8 Å². The van der Waals surface area contributed by atoms with Gasteiger partial charge in [-0.3, -0.25) is 0 Å². The molecule has 3 rings (SSSR count). The van der Waals surface area contributed by atoms with E-state index in [1.165, 1.54) is 20.8 Å². The first kappa shape index (κ1) is 26.2. The number of nitrogens with one attached hydrogen (secondary N) is 1. The zero-order chi connectivity index (χ0) is 25.5. The molecular weight excluding hydrogens is 564 g/mol. The number of halogens is 5. The second kappa shape index (κ2) is 9.34. The number of amides is 1. The minimum Gasteiger partial charge on any atom is -0.443 e. The van der Waals surface area contributed by atoms with Gasteiger partial charge in [-0.2, -0.15) is 21.6 Å². The summed E-state index contributed by atoms with van der Waals surface area (Å²) in [4.78, 5) is 12.2. The lowest BCUT2D eigenvalue weighted by atomic mass is 10.1. The Hall–Kier alpha value is -2.38. The van der Waals surface area contributed by atoms with Crippen molar-refractivity contribution in [2.45, 2.75) is 39.1 Å². The van der Waals surface area contributed by atoms with E-state index in [-0.39, 0.29) is 10.6 Å². The molecule has 0 fully saturated rings. The summed E-state index contributed by atoms with van der Waals surface area (Å²) in [5.74, 6) is -1.49. The topological polar surface area (TPSA) is 75.7 Å². The highest BCUT2D eigenvalue weighted by Crippen LogP contribution is 2.43. The summed E-state index contributed by atoms with van der Waals surface area (Å²) in [6, 6.07) is 9.13. The molecule has 0 aliphatic rings. The molecule has 0 unspecified atom stereocenters. The largest absolute Gasteiger partial charge is 0.443 e. The van der Waals surface area contributed by atoms with Crippen LogP contribution in [0, 0.1) is 5.82 Å². The number of carbonyl (C=O) groups is 1. The minimum absolute atomic E-state index is 0.107. The van der Waals surface area contributed by atoms with Gasteiger partial charge in [0, 0.05) is 10.1 Å². The molecule has 6 nitrogen and oxygen atoms in total. The predicted molar refractivity (Wildman–Crippen MR) is 125 cm³/mol. The summed E-state index contributed by atoms with van der Waals surface area (Å²) >= 11 is 4.39. The lowest BCUT2D eigenvalue weighted by Crippen LogP contribution is -2.45. The maximum Gasteiger partial charge on any atom is 0.422 e. The van der Waals surface area contributed by atoms with E-state index in [1.807, 2.05) is 0 Å². The molecule has 0 bridgehead atoms. The Morgan fingerprint density at radius 2 is 1.79 bits per heavy atom. The van der Waals surface area contributed by atoms with Crippen molar-refractivity contribution in [1.29, 1.82) is 0 Å². The van der Waals surface area contributed by atoms with Crippen LogP contribution >= 0.6 is 27.3 Å². The third-order valence-electron chi connectivity index (χ3n) is 4.31. The van der Waals surface area contributed by atoms with Gasteiger partial charge in [-0.15, -0.1) is 11.3 Å². The van der Waals surface area contributed by atoms with Crippen LogP contribution in [0.3, 0.4) is 0 Å². The summed E-state index contributed by atoms with van der Waals surface area (Å²) in [5.41, 5.74) is -2.67. The molecule has 1 amide bonds. The number of thiophene rings is 1. The van der Waals surface area contributed by atoms with Crippen molar-refractivity contribution in [1.82, 2.24) is 4.72 Å². The fourth-order valence-electron chi connectivity index (χ4n) is 2.94. The molecular formula is C21H19BrF4N2O4S2. The number of benzene rings is 2. The molecule has 184 valence electrons. The Labute approximate surface area is 205 Å². The van der Waals surface area contributed by atoms with Gasteiger partial charge in [-0.25, -0.2) is 18.2 Å². The maximum atomic E-state index is 13.8. The Bertz CT molecular complexity index is 1330. The smallest absolute Gasteiger partial charge is 0.422 e. The molecule has 0 aliphatic carbocycles. The molecule has 3 aromatic rings. The highest BCUT2D eigenvalue weighted by Gasteiger charge is 2.35. The molecule has 1 N–H and O–H groups in total. The van der Waals surface area contributed by atoms with Crippen LogP contribution in [0.4, 0.5) is 27.4 Å². The Balaban J connectivity index is 2.09. The highest BCUT2D eigenvalue weighted by molar-refractivity contribution is 9.10. The Kier molecular flexibility index (Phi) is 7.21. The van der Waals surface area contributed by atoms with Crippen LogP contribution in [-0.4, -0.2) is 20.1 Å². The van der Waals surface area contributed by atoms with Gasteiger partial charge in [-0.05, 0) is 60.5 Å². The quantitative estimate of drug-likeness (QED) is 0.344. The molecule has 13 heteroatoms. The Morgan fingerprint density at radius 3 is 2.38 bits per heavy atom. The van der Waals surface area contributed by atoms with Crippen LogP contribution in [-0.2, 0) is 27.7 Å². The summed E-state index contributed by atoms with van der Waals surface area (Å²) in [5, 5.41) is 0.769. The number of nitrogens with zero attached hydrogens (tertiary/aromatic N) is 1. The van der Waals surface area contributed by atoms with Gasteiger partial charge in [0.25, 0.3) is 0 Å². The number of anilines is 1. The van der Waals surface area contributed by atoms with Gasteiger partial charge < -0.3 is 4.74 Å². The van der Waals surface area contributed by atoms with Crippen LogP contribution in [0.5, 0.6) is 0 Å². The molecule has 0 aliphatic heterocycles. The van der Waals surface area contributed by atoms with Gasteiger partial charge in [0.1, 0.15) is 16.4 Å². The highest BCUT2D eigenvalue weighted by atomic mass is 79.9. The average Bonchev–Trinajstić information content (AvgIpc) is 3.00. The van der Waals surface area contributed by atoms with Gasteiger partial charge >= 0.3 is 22.5 Å². The SMILES string of the molecule is CC(C)(C)OC(=O)NS(=O)(=O)N(Cc1ccc(F)c(C(F)(F)F)c1)c1sc2ccccc2c1Br. The van der Waals surface area contributed by atoms with Crippen molar-refractivity contribution in [2.75, 3.05) is 4.31 Å². The fraction of sp³-hybridized carbons (Fsp3) is 0.286. The Morgan fingerprint density at radius 1 is 1.15 bits per heavy atom. The number of alkyl halides is 3. The van der Waals surface area contributed by atoms with E-state index in [0.29, 0.717) is 26.7 Å². The standard InChI is InChI=1S/C21H19BrF4N2O4S2/c1-20(2,3)32-19(29)27-34(30,31)28(18-17(22)13-6-4-5-7-16(13)33-18)11-12-8-9-15(23)14(10-12)21(24,25)26/h4-10H,11H2,1-3H3,(H,27,29). The van der Waals surface area contributed by atoms with E-state index < -0.39 is 46.0 Å². The maximum absolute atomic E-state index is 13.8. The lowest BCUT2D eigenvalue weighted by molar-refractivity contribution is -0.140. The number of hydrogen-bond acceptors (Lipinski definition) is 5. The van der Waals surface area contributed by atoms with Crippen LogP contribution in [0.15, 0.2) is 46.9 Å². The van der Waals surface area contributed by atoms with Gasteiger partial charge in [-0.1, -0.05) is 24.3 Å². The summed E-state index contributed by atoms with van der Waals surface area (Å²) < 4.78 is 88.4. The molecule has 0 atom stereocenters. The van der Waals surface area contributed by atoms with E-state index in [2.05, 4.69) is 15.9 Å². The van der Waals surface area contributed by atoms with Crippen molar-refractivity contribution in [3.05, 3.63) is 63.9 Å². The second-order valence-corrected chi connectivity index (χ2v) is 11.6. The van der Waals surface area contributed by atoms with Crippen molar-refractivity contribution in [2.24, 2.45) is 0 Å². The van der Waals surface area contributed by atoms with Crippen LogP contribution in [0.2, 0.25) is 0 Å². The molecule has 0 radical (unpaired) electrons. The number of fused-ring (bicyclic) bond motifs is 1. The third-order valence-corrected chi connectivity index (χ3v) is 8.00. The summed E-state index contributed by atoms with van der Waals surface area (Å²) in [6.45, 7) is 4.00. The van der Waals surface area contributed by atoms with E-state index in [0.717, 1.165) is 21.7 Å². The molecule has 0 spiro atoms. The lowest BCUT2D eigenvalue weighted by Gasteiger charge is -2.25. The number of hydrogen-bond donors (Lipinski definition) is 1. The average molecular weight is 583 g/mol. The first-order valence-electron chi connectivity index (χ1n) is 9.64. The summed E-state index contributed by atoms with van der Waals surface area (Å²) in [7, 11) is -4.66. The van der Waals surface area contributed by atoms with E-state index in [4.69, 9.17) is 4.74 Å². The van der Waals surface area contributed by atoms with Crippen LogP contribution < -0.4 is 9.03 Å². The number of rotatable bonds is 5. The van der Waals surface area contributed by atoms with Crippen molar-refractivity contribution >= 4 is 58.7 Å². The van der Waals surface area contributed by atoms with E-state index >= 15 is 0 Å². The zero-order valence-electron chi connectivity index (χ0n) is 18.0. The molecule has 34 heavy (non-hydrogen) atoms. The van der Waals surface area contributed by atoms with E-state index in [1.54, 1.807) is 29.0 Å². The van der Waals surface area contributed by atoms with Crippen LogP contribution in [0.25, 0.3) is 10.1 Å². The minimum atomic E-state index is -4.98. The van der Waals surface area contributed by atoms with Gasteiger partial charge in [0.2, 0.25) is 0 Å². The second-order valence-electron chi connectivity index (χ2n) is 8.14. The first-order chi connectivity index (χ1) is 15.6. The van der Waals surface area contributed by atoms with Gasteiger partial charge in [0.05, 0.1) is 16.6 Å². The van der Waals surface area contributed by atoms with Crippen molar-refractivity contribution < 1.29 is 35.5 Å². The molecule has 0 saturated heterocycles. The monoisotopic (exact) mass is 582 g/mol. The first-order valence-corrected chi connectivity index (χ1v) is 12.7. The predicted octanol–water partition coefficient (Wildman–Crippen LogP) is 6.60. The number of ether oxygens (including phenoxy) is 1. The fourth-order valence-corrected chi connectivity index (χ4v) is 6.39. The normalized spacial score (nSPS) is 12.6. The molecule has 2 aromatic carbocycles. The molecule has 1 aromatic heterocycles. The van der Waals surface area contributed by atoms with Crippen LogP contribution in [0.1, 0.15) is 31.9 Å². The number of carbonyl (C=O) groups excluding carboxylic acids is 1. The van der Waals surface area contributed by atoms with Crippen molar-refractivity contribution in [3.63, 3.8) is 0 Å².